The van der Waals surface area contributed by atoms with E-state index < -0.39 is 0 Å². The third-order valence-corrected chi connectivity index (χ3v) is 4.86. The lowest BCUT2D eigenvalue weighted by atomic mass is 9.94. The molecule has 3 nitrogen and oxygen atoms in total. The molecule has 0 saturated carbocycles. The number of nitrogens with zero attached hydrogens (tertiary/aromatic N) is 2. The maximum absolute atomic E-state index is 3.59. The summed E-state index contributed by atoms with van der Waals surface area (Å²) in [6, 6.07) is 9.36. The highest BCUT2D eigenvalue weighted by atomic mass is 15.3. The van der Waals surface area contributed by atoms with Crippen LogP contribution in [0.25, 0.3) is 0 Å². The first-order valence-electron chi connectivity index (χ1n) is 7.33. The number of rotatable bonds is 1. The van der Waals surface area contributed by atoms with Crippen LogP contribution >= 0.6 is 0 Å². The first kappa shape index (κ1) is 12.9. The summed E-state index contributed by atoms with van der Waals surface area (Å²) < 4.78 is 0. The molecule has 3 rings (SSSR count). The number of likely N-dealkylation sites (N-methyl/N-ethyl adjacent to an activating group) is 1. The largest absolute Gasteiger partial charge is 0.383 e. The molecule has 1 aromatic carbocycles. The first-order valence-corrected chi connectivity index (χ1v) is 7.33. The molecule has 104 valence electrons. The fourth-order valence-corrected chi connectivity index (χ4v) is 3.27. The molecule has 1 atom stereocenters. The fraction of sp³-hybridized carbons (Fsp3) is 0.625. The summed E-state index contributed by atoms with van der Waals surface area (Å²) in [5.41, 5.74) is 3.08. The van der Waals surface area contributed by atoms with Gasteiger partial charge in [0.2, 0.25) is 0 Å². The Morgan fingerprint density at radius 3 is 2.79 bits per heavy atom. The molecule has 0 aromatic heterocycles. The topological polar surface area (TPSA) is 18.5 Å². The predicted octanol–water partition coefficient (Wildman–Crippen LogP) is 2.05. The summed E-state index contributed by atoms with van der Waals surface area (Å²) in [6.45, 7) is 9.31. The molecule has 1 saturated heterocycles. The van der Waals surface area contributed by atoms with Crippen LogP contribution in [0.4, 0.5) is 5.69 Å². The SMILES string of the molecule is CN1CCN(C2CNc3ccccc3C2)CC1(C)C. The number of hydrogen-bond donors (Lipinski definition) is 1. The lowest BCUT2D eigenvalue weighted by Gasteiger charge is -2.48. The van der Waals surface area contributed by atoms with Gasteiger partial charge in [-0.2, -0.15) is 0 Å². The van der Waals surface area contributed by atoms with Crippen molar-refractivity contribution >= 4 is 5.69 Å². The maximum Gasteiger partial charge on any atom is 0.0373 e. The van der Waals surface area contributed by atoms with Gasteiger partial charge in [0.15, 0.2) is 0 Å². The number of piperazine rings is 1. The normalized spacial score (nSPS) is 27.6. The standard InChI is InChI=1S/C16H25N3/c1-16(2)12-19(9-8-18(16)3)14-10-13-6-4-5-7-15(13)17-11-14/h4-7,14,17H,8-12H2,1-3H3. The molecule has 0 radical (unpaired) electrons. The van der Waals surface area contributed by atoms with Gasteiger partial charge in [-0.05, 0) is 38.9 Å². The molecular weight excluding hydrogens is 234 g/mol. The molecule has 19 heavy (non-hydrogen) atoms. The Balaban J connectivity index is 1.72. The average molecular weight is 259 g/mol. The van der Waals surface area contributed by atoms with E-state index in [1.807, 2.05) is 0 Å². The third kappa shape index (κ3) is 2.49. The van der Waals surface area contributed by atoms with Gasteiger partial charge >= 0.3 is 0 Å². The third-order valence-electron chi connectivity index (χ3n) is 4.86. The lowest BCUT2D eigenvalue weighted by molar-refractivity contribution is 0.0189. The van der Waals surface area contributed by atoms with E-state index in [-0.39, 0.29) is 5.54 Å². The molecule has 1 fully saturated rings. The summed E-state index contributed by atoms with van der Waals surface area (Å²) in [5, 5.41) is 3.59. The smallest absolute Gasteiger partial charge is 0.0373 e. The predicted molar refractivity (Wildman–Crippen MR) is 80.7 cm³/mol. The van der Waals surface area contributed by atoms with Gasteiger partial charge in [0, 0.05) is 43.4 Å². The first-order chi connectivity index (χ1) is 9.06. The molecule has 0 bridgehead atoms. The zero-order chi connectivity index (χ0) is 13.5. The van der Waals surface area contributed by atoms with Crippen molar-refractivity contribution in [3.8, 4) is 0 Å². The second-order valence-electron chi connectivity index (χ2n) is 6.60. The van der Waals surface area contributed by atoms with Crippen molar-refractivity contribution in [1.29, 1.82) is 0 Å². The summed E-state index contributed by atoms with van der Waals surface area (Å²) >= 11 is 0. The van der Waals surface area contributed by atoms with Gasteiger partial charge < -0.3 is 5.32 Å². The lowest BCUT2D eigenvalue weighted by Crippen LogP contribution is -2.61. The van der Waals surface area contributed by atoms with Crippen molar-refractivity contribution < 1.29 is 0 Å². The summed E-state index contributed by atoms with van der Waals surface area (Å²) in [7, 11) is 2.24. The van der Waals surface area contributed by atoms with Crippen molar-refractivity contribution in [2.75, 3.05) is 38.5 Å². The van der Waals surface area contributed by atoms with Crippen LogP contribution in [-0.4, -0.2) is 54.6 Å². The average Bonchev–Trinajstić information content (AvgIpc) is 2.41. The number of fused-ring (bicyclic) bond motifs is 1. The number of benzene rings is 1. The summed E-state index contributed by atoms with van der Waals surface area (Å²) in [4.78, 5) is 5.15. The summed E-state index contributed by atoms with van der Waals surface area (Å²) in [5.74, 6) is 0. The molecule has 1 N–H and O–H groups in total. The van der Waals surface area contributed by atoms with E-state index in [2.05, 4.69) is 60.3 Å². The van der Waals surface area contributed by atoms with E-state index in [1.165, 1.54) is 30.8 Å². The second kappa shape index (κ2) is 4.80. The van der Waals surface area contributed by atoms with Gasteiger partial charge in [-0.3, -0.25) is 9.80 Å². The second-order valence-corrected chi connectivity index (χ2v) is 6.60. The molecule has 3 heteroatoms. The highest BCUT2D eigenvalue weighted by Gasteiger charge is 2.35. The Morgan fingerprint density at radius 1 is 1.21 bits per heavy atom. The van der Waals surface area contributed by atoms with E-state index in [0.29, 0.717) is 6.04 Å². The quantitative estimate of drug-likeness (QED) is 0.833. The molecule has 0 aliphatic carbocycles. The minimum absolute atomic E-state index is 0.287. The van der Waals surface area contributed by atoms with Gasteiger partial charge in [0.1, 0.15) is 0 Å². The van der Waals surface area contributed by atoms with Gasteiger partial charge in [-0.25, -0.2) is 0 Å². The maximum atomic E-state index is 3.59. The molecular formula is C16H25N3. The highest BCUT2D eigenvalue weighted by Crippen LogP contribution is 2.27. The number of para-hydroxylation sites is 1. The Labute approximate surface area is 116 Å². The van der Waals surface area contributed by atoms with Crippen molar-refractivity contribution in [3.63, 3.8) is 0 Å². The Bertz CT molecular complexity index is 455. The molecule has 2 heterocycles. The fourth-order valence-electron chi connectivity index (χ4n) is 3.27. The van der Waals surface area contributed by atoms with Gasteiger partial charge in [0.25, 0.3) is 0 Å². The zero-order valence-electron chi connectivity index (χ0n) is 12.3. The van der Waals surface area contributed by atoms with Crippen molar-refractivity contribution in [2.45, 2.75) is 31.8 Å². The molecule has 0 amide bonds. The molecule has 0 spiro atoms. The highest BCUT2D eigenvalue weighted by molar-refractivity contribution is 5.53. The van der Waals surface area contributed by atoms with E-state index in [1.54, 1.807) is 0 Å². The minimum atomic E-state index is 0.287. The van der Waals surface area contributed by atoms with E-state index >= 15 is 0 Å². The van der Waals surface area contributed by atoms with Crippen LogP contribution in [0.5, 0.6) is 0 Å². The van der Waals surface area contributed by atoms with E-state index in [9.17, 15) is 0 Å². The Hall–Kier alpha value is -1.06. The molecule has 1 unspecified atom stereocenters. The van der Waals surface area contributed by atoms with Gasteiger partial charge in [0.05, 0.1) is 0 Å². The van der Waals surface area contributed by atoms with Crippen LogP contribution in [0.15, 0.2) is 24.3 Å². The van der Waals surface area contributed by atoms with Crippen LogP contribution in [0.3, 0.4) is 0 Å². The summed E-state index contributed by atoms with van der Waals surface area (Å²) in [6.07, 6.45) is 1.18. The minimum Gasteiger partial charge on any atom is -0.383 e. The number of nitrogens with one attached hydrogen (secondary N) is 1. The molecule has 2 aliphatic rings. The Kier molecular flexibility index (Phi) is 3.27. The molecule has 1 aromatic rings. The van der Waals surface area contributed by atoms with Crippen LogP contribution in [0.1, 0.15) is 19.4 Å². The van der Waals surface area contributed by atoms with Crippen molar-refractivity contribution in [3.05, 3.63) is 29.8 Å². The van der Waals surface area contributed by atoms with Crippen LogP contribution in [0, 0.1) is 0 Å². The zero-order valence-corrected chi connectivity index (χ0v) is 12.3. The van der Waals surface area contributed by atoms with Crippen LogP contribution in [-0.2, 0) is 6.42 Å². The van der Waals surface area contributed by atoms with Crippen LogP contribution in [0.2, 0.25) is 0 Å². The molecule has 2 aliphatic heterocycles. The van der Waals surface area contributed by atoms with Crippen molar-refractivity contribution in [2.24, 2.45) is 0 Å². The Morgan fingerprint density at radius 2 is 2.00 bits per heavy atom. The van der Waals surface area contributed by atoms with E-state index in [0.717, 1.165) is 13.1 Å². The number of hydrogen-bond acceptors (Lipinski definition) is 3. The van der Waals surface area contributed by atoms with Gasteiger partial charge in [-0.1, -0.05) is 18.2 Å². The number of anilines is 1. The van der Waals surface area contributed by atoms with Gasteiger partial charge in [-0.15, -0.1) is 0 Å². The monoisotopic (exact) mass is 259 g/mol. The van der Waals surface area contributed by atoms with Crippen LogP contribution < -0.4 is 5.32 Å². The van der Waals surface area contributed by atoms with E-state index in [4.69, 9.17) is 0 Å². The van der Waals surface area contributed by atoms with Crippen molar-refractivity contribution in [1.82, 2.24) is 9.80 Å².